The summed E-state index contributed by atoms with van der Waals surface area (Å²) in [4.78, 5) is 0. The van der Waals surface area contributed by atoms with Crippen LogP contribution in [0.4, 0.5) is 0 Å². The number of fused-ring (bicyclic) bond motifs is 13. The lowest BCUT2D eigenvalue weighted by atomic mass is 9.65. The standard InChI is InChI=1S/C54H34O/c1-3-18-38(19-4-1)53(39-20-5-2-6-21-39)46-28-14-11-24-43(46)52-40(25-15-29-47(52)53)37-30-31-50-48(33-37)54(49-32-35-16-7-8-17-36(35)34-51(49)55-50)44-26-12-9-22-41(44)42-23-10-13-27-45(42)54/h1-34H. The summed E-state index contributed by atoms with van der Waals surface area (Å²) in [5, 5.41) is 2.39. The molecule has 0 saturated carbocycles. The SMILES string of the molecule is c1ccc(C2(c3ccccc3)c3ccccc3-c3c(-c4ccc5c(c4)C4(c6cc7ccccc7cc6O5)c5ccccc5-c5ccccc54)cccc32)cc1. The Balaban J connectivity index is 1.17. The molecule has 0 unspecified atom stereocenters. The van der Waals surface area contributed by atoms with E-state index < -0.39 is 10.8 Å². The van der Waals surface area contributed by atoms with Gasteiger partial charge in [-0.15, -0.1) is 0 Å². The van der Waals surface area contributed by atoms with Crippen LogP contribution in [0.1, 0.15) is 44.5 Å². The summed E-state index contributed by atoms with van der Waals surface area (Å²) in [5.41, 5.74) is 16.6. The average molecular weight is 699 g/mol. The quantitative estimate of drug-likeness (QED) is 0.178. The van der Waals surface area contributed by atoms with Gasteiger partial charge >= 0.3 is 0 Å². The molecule has 3 aliphatic rings. The summed E-state index contributed by atoms with van der Waals surface area (Å²) in [6, 6.07) is 76.2. The van der Waals surface area contributed by atoms with E-state index in [2.05, 4.69) is 206 Å². The van der Waals surface area contributed by atoms with Gasteiger partial charge in [-0.25, -0.2) is 0 Å². The highest BCUT2D eigenvalue weighted by Gasteiger charge is 2.52. The Bertz CT molecular complexity index is 2930. The van der Waals surface area contributed by atoms with Crippen molar-refractivity contribution in [1.29, 1.82) is 0 Å². The Hall–Kier alpha value is -6.96. The molecule has 1 heteroatoms. The predicted molar refractivity (Wildman–Crippen MR) is 224 cm³/mol. The second-order valence-corrected chi connectivity index (χ2v) is 15.1. The Morgan fingerprint density at radius 3 is 1.44 bits per heavy atom. The molecule has 0 fully saturated rings. The fourth-order valence-corrected chi connectivity index (χ4v) is 10.5. The molecule has 0 bridgehead atoms. The molecule has 9 aromatic rings. The number of rotatable bonds is 3. The molecule has 0 saturated heterocycles. The van der Waals surface area contributed by atoms with Crippen LogP contribution in [0, 0.1) is 0 Å². The van der Waals surface area contributed by atoms with Crippen molar-refractivity contribution in [3.8, 4) is 44.9 Å². The Morgan fingerprint density at radius 2 is 0.782 bits per heavy atom. The van der Waals surface area contributed by atoms with Gasteiger partial charge < -0.3 is 4.74 Å². The van der Waals surface area contributed by atoms with Gasteiger partial charge in [-0.1, -0.05) is 182 Å². The zero-order valence-electron chi connectivity index (χ0n) is 30.0. The predicted octanol–water partition coefficient (Wildman–Crippen LogP) is 13.3. The maximum atomic E-state index is 6.99. The molecule has 0 radical (unpaired) electrons. The first-order chi connectivity index (χ1) is 27.3. The number of benzene rings is 9. The summed E-state index contributed by atoms with van der Waals surface area (Å²) in [5.74, 6) is 1.81. The molecular formula is C54H34O. The zero-order valence-corrected chi connectivity index (χ0v) is 30.0. The van der Waals surface area contributed by atoms with Gasteiger partial charge in [0.1, 0.15) is 11.5 Å². The van der Waals surface area contributed by atoms with Crippen LogP contribution in [0.5, 0.6) is 11.5 Å². The van der Waals surface area contributed by atoms with Crippen molar-refractivity contribution in [2.24, 2.45) is 0 Å². The molecule has 55 heavy (non-hydrogen) atoms. The van der Waals surface area contributed by atoms with E-state index >= 15 is 0 Å². The lowest BCUT2D eigenvalue weighted by Crippen LogP contribution is -2.32. The van der Waals surface area contributed by atoms with Crippen LogP contribution >= 0.6 is 0 Å². The van der Waals surface area contributed by atoms with E-state index in [0.717, 1.165) is 11.5 Å². The summed E-state index contributed by atoms with van der Waals surface area (Å²) in [6.07, 6.45) is 0. The van der Waals surface area contributed by atoms with Gasteiger partial charge in [-0.05, 0) is 102 Å². The monoisotopic (exact) mass is 698 g/mol. The Morgan fingerprint density at radius 1 is 0.291 bits per heavy atom. The van der Waals surface area contributed by atoms with Crippen molar-refractivity contribution in [3.63, 3.8) is 0 Å². The maximum absolute atomic E-state index is 6.99. The minimum atomic E-state index is -0.566. The van der Waals surface area contributed by atoms with Gasteiger partial charge in [0.25, 0.3) is 0 Å². The van der Waals surface area contributed by atoms with Gasteiger partial charge in [-0.3, -0.25) is 0 Å². The fourth-order valence-electron chi connectivity index (χ4n) is 10.5. The van der Waals surface area contributed by atoms with Crippen molar-refractivity contribution >= 4 is 10.8 Å². The first kappa shape index (κ1) is 30.5. The first-order valence-electron chi connectivity index (χ1n) is 19.2. The minimum absolute atomic E-state index is 0.466. The summed E-state index contributed by atoms with van der Waals surface area (Å²) in [7, 11) is 0. The third-order valence-corrected chi connectivity index (χ3v) is 12.6. The minimum Gasteiger partial charge on any atom is -0.457 e. The smallest absolute Gasteiger partial charge is 0.132 e. The van der Waals surface area contributed by atoms with Crippen LogP contribution in [-0.2, 0) is 10.8 Å². The third-order valence-electron chi connectivity index (χ3n) is 12.6. The Labute approximate surface area is 320 Å². The summed E-state index contributed by atoms with van der Waals surface area (Å²) >= 11 is 0. The normalized spacial score (nSPS) is 14.6. The second-order valence-electron chi connectivity index (χ2n) is 15.1. The number of hydrogen-bond donors (Lipinski definition) is 0. The van der Waals surface area contributed by atoms with E-state index in [0.29, 0.717) is 0 Å². The van der Waals surface area contributed by atoms with Gasteiger partial charge in [0.05, 0.1) is 10.8 Å². The molecule has 0 amide bonds. The number of ether oxygens (including phenoxy) is 1. The molecule has 1 spiro atoms. The highest BCUT2D eigenvalue weighted by atomic mass is 16.5. The van der Waals surface area contributed by atoms with E-state index in [4.69, 9.17) is 4.74 Å². The molecular weight excluding hydrogens is 665 g/mol. The van der Waals surface area contributed by atoms with E-state index in [1.165, 1.54) is 88.7 Å². The first-order valence-corrected chi connectivity index (χ1v) is 19.2. The van der Waals surface area contributed by atoms with Crippen molar-refractivity contribution in [1.82, 2.24) is 0 Å². The molecule has 1 heterocycles. The lowest BCUT2D eigenvalue weighted by Gasteiger charge is -2.40. The maximum Gasteiger partial charge on any atom is 0.132 e. The van der Waals surface area contributed by atoms with Gasteiger partial charge in [0.15, 0.2) is 0 Å². The van der Waals surface area contributed by atoms with Crippen LogP contribution in [-0.4, -0.2) is 0 Å². The van der Waals surface area contributed by atoms with Gasteiger partial charge in [0, 0.05) is 11.1 Å². The van der Waals surface area contributed by atoms with E-state index in [-0.39, 0.29) is 0 Å². The van der Waals surface area contributed by atoms with Gasteiger partial charge in [-0.2, -0.15) is 0 Å². The molecule has 256 valence electrons. The third kappa shape index (κ3) is 3.92. The van der Waals surface area contributed by atoms with Crippen molar-refractivity contribution in [2.45, 2.75) is 10.8 Å². The molecule has 1 nitrogen and oxygen atoms in total. The molecule has 2 aliphatic carbocycles. The highest BCUT2D eigenvalue weighted by Crippen LogP contribution is 2.64. The van der Waals surface area contributed by atoms with Gasteiger partial charge in [0.2, 0.25) is 0 Å². The molecule has 0 aromatic heterocycles. The summed E-state index contributed by atoms with van der Waals surface area (Å²) < 4.78 is 6.99. The lowest BCUT2D eigenvalue weighted by molar-refractivity contribution is 0.437. The number of hydrogen-bond acceptors (Lipinski definition) is 1. The van der Waals surface area contributed by atoms with E-state index in [9.17, 15) is 0 Å². The largest absolute Gasteiger partial charge is 0.457 e. The van der Waals surface area contributed by atoms with Crippen LogP contribution in [0.15, 0.2) is 206 Å². The van der Waals surface area contributed by atoms with Crippen LogP contribution < -0.4 is 4.74 Å². The van der Waals surface area contributed by atoms with Crippen molar-refractivity contribution < 1.29 is 4.74 Å². The summed E-state index contributed by atoms with van der Waals surface area (Å²) in [6.45, 7) is 0. The van der Waals surface area contributed by atoms with Crippen molar-refractivity contribution in [2.75, 3.05) is 0 Å². The van der Waals surface area contributed by atoms with E-state index in [1.807, 2.05) is 0 Å². The van der Waals surface area contributed by atoms with Crippen LogP contribution in [0.3, 0.4) is 0 Å². The van der Waals surface area contributed by atoms with Crippen LogP contribution in [0.2, 0.25) is 0 Å². The molecule has 0 atom stereocenters. The average Bonchev–Trinajstić information content (AvgIpc) is 3.73. The molecule has 9 aromatic carbocycles. The van der Waals surface area contributed by atoms with Crippen LogP contribution in [0.25, 0.3) is 44.2 Å². The van der Waals surface area contributed by atoms with Crippen molar-refractivity contribution in [3.05, 3.63) is 251 Å². The fraction of sp³-hybridized carbons (Fsp3) is 0.0370. The highest BCUT2D eigenvalue weighted by molar-refractivity contribution is 5.97. The zero-order chi connectivity index (χ0) is 36.1. The topological polar surface area (TPSA) is 9.23 Å². The Kier molecular flexibility index (Phi) is 6.25. The second kappa shape index (κ2) is 11.3. The van der Waals surface area contributed by atoms with E-state index in [1.54, 1.807) is 0 Å². The molecule has 0 N–H and O–H groups in total. The molecule has 1 aliphatic heterocycles. The molecule has 12 rings (SSSR count).